The van der Waals surface area contributed by atoms with Crippen LogP contribution in [0.25, 0.3) is 0 Å². The molecular weight excluding hydrogens is 437 g/mol. The van der Waals surface area contributed by atoms with E-state index in [1.54, 1.807) is 0 Å². The number of hydrogen-bond acceptors (Lipinski definition) is 6. The largest absolute Gasteiger partial charge is 0.481 e. The summed E-state index contributed by atoms with van der Waals surface area (Å²) in [5, 5.41) is 18.3. The summed E-state index contributed by atoms with van der Waals surface area (Å²) in [5.41, 5.74) is 0. The summed E-state index contributed by atoms with van der Waals surface area (Å²) >= 11 is 0.810. The number of nitrogens with one attached hydrogen (secondary N) is 1. The van der Waals surface area contributed by atoms with E-state index in [1.165, 1.54) is 62.4 Å². The van der Waals surface area contributed by atoms with Gasteiger partial charge in [-0.3, -0.25) is 9.59 Å². The highest BCUT2D eigenvalue weighted by molar-refractivity contribution is 8.01. The van der Waals surface area contributed by atoms with Crippen LogP contribution < -0.4 is 9.46 Å². The lowest BCUT2D eigenvalue weighted by atomic mass is 10.1. The second-order valence-corrected chi connectivity index (χ2v) is 10.0. The fourth-order valence-corrected chi connectivity index (χ4v) is 4.60. The number of hydrogen-bond donors (Lipinski definition) is 3. The van der Waals surface area contributed by atoms with Crippen LogP contribution in [0.5, 0.6) is 11.5 Å². The van der Waals surface area contributed by atoms with Crippen molar-refractivity contribution in [1.82, 2.24) is 4.72 Å². The number of sulfonamides is 1. The summed E-state index contributed by atoms with van der Waals surface area (Å²) < 4.78 is 44.6. The molecule has 2 aromatic carbocycles. The molecule has 0 aliphatic carbocycles. The lowest BCUT2D eigenvalue weighted by Gasteiger charge is -2.30. The van der Waals surface area contributed by atoms with Crippen molar-refractivity contribution in [3.63, 3.8) is 0 Å². The lowest BCUT2D eigenvalue weighted by Crippen LogP contribution is -2.52. The molecule has 0 saturated carbocycles. The first kappa shape index (κ1) is 23.6. The molecule has 0 amide bonds. The molecule has 0 bridgehead atoms. The fourth-order valence-electron chi connectivity index (χ4n) is 2.37. The molecule has 0 heterocycles. The van der Waals surface area contributed by atoms with Crippen molar-refractivity contribution in [3.8, 4) is 11.5 Å². The molecule has 3 N–H and O–H groups in total. The second-order valence-electron chi connectivity index (χ2n) is 6.71. The first-order chi connectivity index (χ1) is 13.9. The van der Waals surface area contributed by atoms with Gasteiger partial charge in [-0.25, -0.2) is 12.8 Å². The van der Waals surface area contributed by atoms with Crippen LogP contribution in [0.3, 0.4) is 0 Å². The van der Waals surface area contributed by atoms with Gasteiger partial charge in [0.05, 0.1) is 10.6 Å². The Morgan fingerprint density at radius 3 is 2.03 bits per heavy atom. The van der Waals surface area contributed by atoms with Crippen LogP contribution in [-0.4, -0.2) is 47.1 Å². The molecule has 0 aliphatic heterocycles. The van der Waals surface area contributed by atoms with E-state index in [0.717, 1.165) is 11.8 Å². The minimum absolute atomic E-state index is 0.195. The number of thioether (sulfide) groups is 1. The van der Waals surface area contributed by atoms with Crippen LogP contribution >= 0.6 is 11.8 Å². The van der Waals surface area contributed by atoms with E-state index in [4.69, 9.17) is 9.84 Å². The molecule has 162 valence electrons. The van der Waals surface area contributed by atoms with Crippen molar-refractivity contribution in [3.05, 3.63) is 54.3 Å². The van der Waals surface area contributed by atoms with E-state index in [-0.39, 0.29) is 10.6 Å². The van der Waals surface area contributed by atoms with Gasteiger partial charge < -0.3 is 14.9 Å². The molecule has 11 heteroatoms. The molecule has 0 spiro atoms. The molecule has 0 radical (unpaired) electrons. The maximum atomic E-state index is 12.9. The Balaban J connectivity index is 2.17. The van der Waals surface area contributed by atoms with Crippen LogP contribution in [0.4, 0.5) is 4.39 Å². The number of carboxylic acids is 2. The van der Waals surface area contributed by atoms with Gasteiger partial charge in [-0.15, -0.1) is 11.8 Å². The van der Waals surface area contributed by atoms with Gasteiger partial charge in [0.1, 0.15) is 23.4 Å². The summed E-state index contributed by atoms with van der Waals surface area (Å²) in [5.74, 6) is -2.73. The maximum Gasteiger partial charge on any atom is 0.323 e. The van der Waals surface area contributed by atoms with Crippen molar-refractivity contribution < 1.29 is 37.3 Å². The van der Waals surface area contributed by atoms with Gasteiger partial charge in [-0.2, -0.15) is 4.72 Å². The SMILES string of the molecule is CC(C)(SCC(=O)O)[C@@H](NS(=O)(=O)c1ccc(Oc2ccc(F)cc2)cc1)C(=O)O. The predicted octanol–water partition coefficient (Wildman–Crippen LogP) is 2.95. The van der Waals surface area contributed by atoms with Gasteiger partial charge in [-0.1, -0.05) is 0 Å². The first-order valence-electron chi connectivity index (χ1n) is 8.55. The third-order valence-electron chi connectivity index (χ3n) is 3.97. The van der Waals surface area contributed by atoms with Gasteiger partial charge in [0.2, 0.25) is 10.0 Å². The number of carboxylic acid groups (broad SMARTS) is 2. The average molecular weight is 458 g/mol. The average Bonchev–Trinajstić information content (AvgIpc) is 2.67. The fraction of sp³-hybridized carbons (Fsp3) is 0.263. The minimum Gasteiger partial charge on any atom is -0.481 e. The molecule has 0 aliphatic rings. The Morgan fingerprint density at radius 2 is 1.57 bits per heavy atom. The van der Waals surface area contributed by atoms with Crippen LogP contribution in [-0.2, 0) is 19.6 Å². The highest BCUT2D eigenvalue weighted by atomic mass is 32.2. The minimum atomic E-state index is -4.22. The van der Waals surface area contributed by atoms with Crippen molar-refractivity contribution in [2.24, 2.45) is 0 Å². The Morgan fingerprint density at radius 1 is 1.07 bits per heavy atom. The monoisotopic (exact) mass is 457 g/mol. The molecular formula is C19H20FNO7S2. The van der Waals surface area contributed by atoms with Gasteiger partial charge in [0, 0.05) is 4.75 Å². The van der Waals surface area contributed by atoms with Crippen LogP contribution in [0.15, 0.2) is 53.4 Å². The van der Waals surface area contributed by atoms with E-state index >= 15 is 0 Å². The van der Waals surface area contributed by atoms with E-state index < -0.39 is 38.6 Å². The van der Waals surface area contributed by atoms with Crippen molar-refractivity contribution in [2.45, 2.75) is 29.5 Å². The summed E-state index contributed by atoms with van der Waals surface area (Å²) in [6.45, 7) is 2.89. The van der Waals surface area contributed by atoms with Crippen LogP contribution in [0.1, 0.15) is 13.8 Å². The van der Waals surface area contributed by atoms with E-state index in [1.807, 2.05) is 0 Å². The normalized spacial score (nSPS) is 12.9. The van der Waals surface area contributed by atoms with Crippen LogP contribution in [0, 0.1) is 5.82 Å². The smallest absolute Gasteiger partial charge is 0.323 e. The molecule has 0 fully saturated rings. The number of ether oxygens (including phenoxy) is 1. The molecule has 2 rings (SSSR count). The molecule has 0 saturated heterocycles. The van der Waals surface area contributed by atoms with E-state index in [0.29, 0.717) is 11.5 Å². The van der Waals surface area contributed by atoms with Crippen molar-refractivity contribution in [1.29, 1.82) is 0 Å². The number of rotatable bonds is 10. The number of carbonyl (C=O) groups is 2. The van der Waals surface area contributed by atoms with Gasteiger partial charge in [-0.05, 0) is 62.4 Å². The third kappa shape index (κ3) is 6.44. The summed E-state index contributed by atoms with van der Waals surface area (Å²) in [7, 11) is -4.22. The molecule has 1 atom stereocenters. The molecule has 30 heavy (non-hydrogen) atoms. The standard InChI is InChI=1S/C19H20FNO7S2/c1-19(2,29-11-16(22)23)17(18(24)25)21-30(26,27)15-9-7-14(8-10-15)28-13-5-3-12(20)4-6-13/h3-10,17,21H,11H2,1-2H3,(H,22,23)(H,24,25)/t17-/m0/s1. The highest BCUT2D eigenvalue weighted by Crippen LogP contribution is 2.30. The first-order valence-corrected chi connectivity index (χ1v) is 11.0. The summed E-state index contributed by atoms with van der Waals surface area (Å²) in [6.07, 6.45) is 0. The van der Waals surface area contributed by atoms with Gasteiger partial charge in [0.25, 0.3) is 0 Å². The zero-order chi connectivity index (χ0) is 22.5. The molecule has 2 aromatic rings. The quantitative estimate of drug-likeness (QED) is 0.497. The number of benzene rings is 2. The molecule has 8 nitrogen and oxygen atoms in total. The molecule has 0 aromatic heterocycles. The van der Waals surface area contributed by atoms with Crippen molar-refractivity contribution >= 4 is 33.7 Å². The topological polar surface area (TPSA) is 130 Å². The third-order valence-corrected chi connectivity index (χ3v) is 6.78. The Bertz CT molecular complexity index is 1010. The Hall–Kier alpha value is -2.63. The summed E-state index contributed by atoms with van der Waals surface area (Å²) in [6, 6.07) is 8.90. The Labute approximate surface area is 177 Å². The van der Waals surface area contributed by atoms with Crippen molar-refractivity contribution in [2.75, 3.05) is 5.75 Å². The van der Waals surface area contributed by atoms with Gasteiger partial charge >= 0.3 is 11.9 Å². The van der Waals surface area contributed by atoms with E-state index in [9.17, 15) is 27.5 Å². The zero-order valence-corrected chi connectivity index (χ0v) is 17.7. The van der Waals surface area contributed by atoms with E-state index in [2.05, 4.69) is 4.72 Å². The van der Waals surface area contributed by atoms with Crippen LogP contribution in [0.2, 0.25) is 0 Å². The predicted molar refractivity (Wildman–Crippen MR) is 109 cm³/mol. The second kappa shape index (κ2) is 9.45. The Kier molecular flexibility index (Phi) is 7.45. The van der Waals surface area contributed by atoms with Gasteiger partial charge in [0.15, 0.2) is 0 Å². The highest BCUT2D eigenvalue weighted by Gasteiger charge is 2.39. The number of halogens is 1. The maximum absolute atomic E-state index is 12.9. The zero-order valence-electron chi connectivity index (χ0n) is 16.0. The summed E-state index contributed by atoms with van der Waals surface area (Å²) in [4.78, 5) is 22.2. The molecule has 0 unspecified atom stereocenters. The lowest BCUT2D eigenvalue weighted by molar-refractivity contribution is -0.139. The number of aliphatic carboxylic acids is 2.